The van der Waals surface area contributed by atoms with Crippen molar-refractivity contribution in [3.63, 3.8) is 0 Å². The zero-order chi connectivity index (χ0) is 17.9. The number of benzene rings is 1. The van der Waals surface area contributed by atoms with Crippen molar-refractivity contribution in [3.05, 3.63) is 51.9 Å². The molecule has 1 unspecified atom stereocenters. The standard InChI is InChI=1S/C17H19ClN2O4/c1-9-7-13(18)5-6-15(9)24-12(4)16(21)19-20-17(22)14-8-10(2)23-11(14)3/h5-8,12H,1-4H3,(H,19,21)(H,20,22). The van der Waals surface area contributed by atoms with E-state index in [9.17, 15) is 9.59 Å². The summed E-state index contributed by atoms with van der Waals surface area (Å²) in [4.78, 5) is 24.1. The predicted molar refractivity (Wildman–Crippen MR) is 90.1 cm³/mol. The summed E-state index contributed by atoms with van der Waals surface area (Å²) in [5.41, 5.74) is 5.87. The van der Waals surface area contributed by atoms with Gasteiger partial charge in [0.1, 0.15) is 17.3 Å². The number of ether oxygens (including phenoxy) is 1. The normalized spacial score (nSPS) is 11.7. The molecule has 0 aliphatic rings. The van der Waals surface area contributed by atoms with Crippen molar-refractivity contribution in [3.8, 4) is 5.75 Å². The molecule has 1 aromatic carbocycles. The second-order valence-corrected chi connectivity index (χ2v) is 5.88. The van der Waals surface area contributed by atoms with Crippen molar-refractivity contribution in [1.82, 2.24) is 10.9 Å². The summed E-state index contributed by atoms with van der Waals surface area (Å²) in [6.45, 7) is 6.84. The molecule has 2 N–H and O–H groups in total. The van der Waals surface area contributed by atoms with Crippen molar-refractivity contribution in [2.24, 2.45) is 0 Å². The fourth-order valence-electron chi connectivity index (χ4n) is 2.13. The molecule has 0 fully saturated rings. The number of carbonyl (C=O) groups is 2. The first-order valence-corrected chi connectivity index (χ1v) is 7.75. The molecule has 0 aliphatic heterocycles. The van der Waals surface area contributed by atoms with Gasteiger partial charge in [0.2, 0.25) is 0 Å². The number of hydrogen-bond acceptors (Lipinski definition) is 4. The molecule has 7 heteroatoms. The minimum absolute atomic E-state index is 0.370. The maximum absolute atomic E-state index is 12.1. The predicted octanol–water partition coefficient (Wildman–Crippen LogP) is 3.09. The number of hydrogen-bond donors (Lipinski definition) is 2. The third-order valence-electron chi connectivity index (χ3n) is 3.39. The highest BCUT2D eigenvalue weighted by atomic mass is 35.5. The maximum Gasteiger partial charge on any atom is 0.279 e. The lowest BCUT2D eigenvalue weighted by Gasteiger charge is -2.16. The van der Waals surface area contributed by atoms with Crippen LogP contribution in [0.1, 0.15) is 34.4 Å². The monoisotopic (exact) mass is 350 g/mol. The minimum Gasteiger partial charge on any atom is -0.481 e. The summed E-state index contributed by atoms with van der Waals surface area (Å²) >= 11 is 5.88. The number of rotatable bonds is 4. The molecule has 1 heterocycles. The molecule has 1 aromatic heterocycles. The van der Waals surface area contributed by atoms with Gasteiger partial charge in [-0.05, 0) is 57.5 Å². The summed E-state index contributed by atoms with van der Waals surface area (Å²) in [5.74, 6) is 0.733. The van der Waals surface area contributed by atoms with Crippen LogP contribution in [-0.4, -0.2) is 17.9 Å². The second-order valence-electron chi connectivity index (χ2n) is 5.44. The number of hydrazine groups is 1. The van der Waals surface area contributed by atoms with Crippen LogP contribution in [0.4, 0.5) is 0 Å². The number of carbonyl (C=O) groups excluding carboxylic acids is 2. The molecule has 6 nitrogen and oxygen atoms in total. The fraction of sp³-hybridized carbons (Fsp3) is 0.294. The molecule has 2 rings (SSSR count). The molecule has 0 saturated heterocycles. The summed E-state index contributed by atoms with van der Waals surface area (Å²) in [7, 11) is 0. The molecule has 24 heavy (non-hydrogen) atoms. The smallest absolute Gasteiger partial charge is 0.279 e. The molecule has 0 bridgehead atoms. The van der Waals surface area contributed by atoms with Crippen molar-refractivity contribution in [2.45, 2.75) is 33.8 Å². The van der Waals surface area contributed by atoms with Crippen molar-refractivity contribution >= 4 is 23.4 Å². The molecule has 2 amide bonds. The van der Waals surface area contributed by atoms with E-state index in [0.29, 0.717) is 27.9 Å². The number of aryl methyl sites for hydroxylation is 3. The van der Waals surface area contributed by atoms with E-state index in [1.54, 1.807) is 45.0 Å². The summed E-state index contributed by atoms with van der Waals surface area (Å²) < 4.78 is 10.9. The number of nitrogens with one attached hydrogen (secondary N) is 2. The molecule has 1 atom stereocenters. The van der Waals surface area contributed by atoms with Gasteiger partial charge < -0.3 is 9.15 Å². The Hall–Kier alpha value is -2.47. The van der Waals surface area contributed by atoms with Crippen LogP contribution in [0, 0.1) is 20.8 Å². The van der Waals surface area contributed by atoms with Crippen LogP contribution in [0.3, 0.4) is 0 Å². The first kappa shape index (κ1) is 17.9. The summed E-state index contributed by atoms with van der Waals surface area (Å²) in [5, 5.41) is 0.593. The highest BCUT2D eigenvalue weighted by molar-refractivity contribution is 6.30. The Morgan fingerprint density at radius 3 is 2.46 bits per heavy atom. The average molecular weight is 351 g/mol. The van der Waals surface area contributed by atoms with Crippen LogP contribution in [0.5, 0.6) is 5.75 Å². The van der Waals surface area contributed by atoms with Gasteiger partial charge in [-0.1, -0.05) is 11.6 Å². The highest BCUT2D eigenvalue weighted by Crippen LogP contribution is 2.22. The van der Waals surface area contributed by atoms with Crippen molar-refractivity contribution < 1.29 is 18.7 Å². The van der Waals surface area contributed by atoms with Crippen LogP contribution in [-0.2, 0) is 4.79 Å². The number of amides is 2. The lowest BCUT2D eigenvalue weighted by Crippen LogP contribution is -2.47. The SMILES string of the molecule is Cc1cc(C(=O)NNC(=O)C(C)Oc2ccc(Cl)cc2C)c(C)o1. The minimum atomic E-state index is -0.794. The van der Waals surface area contributed by atoms with Gasteiger partial charge >= 0.3 is 0 Å². The van der Waals surface area contributed by atoms with Gasteiger partial charge in [0.05, 0.1) is 5.56 Å². The van der Waals surface area contributed by atoms with Gasteiger partial charge in [0.15, 0.2) is 6.10 Å². The van der Waals surface area contributed by atoms with Crippen LogP contribution >= 0.6 is 11.6 Å². The van der Waals surface area contributed by atoms with Gasteiger partial charge in [-0.15, -0.1) is 0 Å². The first-order chi connectivity index (χ1) is 11.3. The van der Waals surface area contributed by atoms with Crippen LogP contribution in [0.15, 0.2) is 28.7 Å². The van der Waals surface area contributed by atoms with Crippen LogP contribution < -0.4 is 15.6 Å². The topological polar surface area (TPSA) is 80.6 Å². The van der Waals surface area contributed by atoms with Crippen LogP contribution in [0.25, 0.3) is 0 Å². The third kappa shape index (κ3) is 4.29. The Labute approximate surface area is 145 Å². The van der Waals surface area contributed by atoms with Crippen molar-refractivity contribution in [1.29, 1.82) is 0 Å². The fourth-order valence-corrected chi connectivity index (χ4v) is 2.36. The van der Waals surface area contributed by atoms with Gasteiger partial charge in [0, 0.05) is 5.02 Å². The Bertz CT molecular complexity index is 770. The van der Waals surface area contributed by atoms with E-state index < -0.39 is 17.9 Å². The van der Waals surface area contributed by atoms with Crippen molar-refractivity contribution in [2.75, 3.05) is 0 Å². The molecule has 128 valence electrons. The summed E-state index contributed by atoms with van der Waals surface area (Å²) in [6.07, 6.45) is -0.794. The first-order valence-electron chi connectivity index (χ1n) is 7.38. The molecule has 2 aromatic rings. The maximum atomic E-state index is 12.1. The zero-order valence-electron chi connectivity index (χ0n) is 13.9. The van der Waals surface area contributed by atoms with E-state index in [2.05, 4.69) is 10.9 Å². The van der Waals surface area contributed by atoms with E-state index in [1.165, 1.54) is 0 Å². The lowest BCUT2D eigenvalue weighted by atomic mass is 10.2. The Balaban J connectivity index is 1.92. The van der Waals surface area contributed by atoms with Crippen LogP contribution in [0.2, 0.25) is 5.02 Å². The number of halogens is 1. The molecule has 0 aliphatic carbocycles. The van der Waals surface area contributed by atoms with E-state index in [-0.39, 0.29) is 0 Å². The third-order valence-corrected chi connectivity index (χ3v) is 3.63. The van der Waals surface area contributed by atoms with E-state index in [1.807, 2.05) is 6.92 Å². The van der Waals surface area contributed by atoms with Gasteiger partial charge in [-0.2, -0.15) is 0 Å². The molecule has 0 saturated carbocycles. The average Bonchev–Trinajstić information content (AvgIpc) is 2.85. The molecule has 0 radical (unpaired) electrons. The molecular formula is C17H19ClN2O4. The van der Waals surface area contributed by atoms with Gasteiger partial charge in [0.25, 0.3) is 11.8 Å². The van der Waals surface area contributed by atoms with E-state index in [0.717, 1.165) is 5.56 Å². The Morgan fingerprint density at radius 1 is 1.17 bits per heavy atom. The molecular weight excluding hydrogens is 332 g/mol. The zero-order valence-corrected chi connectivity index (χ0v) is 14.7. The molecule has 0 spiro atoms. The second kappa shape index (κ2) is 7.40. The van der Waals surface area contributed by atoms with E-state index in [4.69, 9.17) is 20.8 Å². The number of furan rings is 1. The summed E-state index contributed by atoms with van der Waals surface area (Å²) in [6, 6.07) is 6.72. The lowest BCUT2D eigenvalue weighted by molar-refractivity contribution is -0.128. The van der Waals surface area contributed by atoms with Gasteiger partial charge in [-0.25, -0.2) is 0 Å². The van der Waals surface area contributed by atoms with Gasteiger partial charge in [-0.3, -0.25) is 20.4 Å². The highest BCUT2D eigenvalue weighted by Gasteiger charge is 2.18. The Morgan fingerprint density at radius 2 is 1.88 bits per heavy atom. The van der Waals surface area contributed by atoms with E-state index >= 15 is 0 Å². The largest absolute Gasteiger partial charge is 0.481 e. The quantitative estimate of drug-likeness (QED) is 0.830. The Kier molecular flexibility index (Phi) is 5.51.